The minimum Gasteiger partial charge on any atom is -0.481 e. The Morgan fingerprint density at radius 1 is 1.44 bits per heavy atom. The first kappa shape index (κ1) is 14.1. The van der Waals surface area contributed by atoms with Crippen molar-refractivity contribution in [3.8, 4) is 0 Å². The second-order valence-electron chi connectivity index (χ2n) is 4.70. The summed E-state index contributed by atoms with van der Waals surface area (Å²) in [5.74, 6) is -0.256. The fraction of sp³-hybridized carbons (Fsp3) is 0.636. The van der Waals surface area contributed by atoms with Gasteiger partial charge in [-0.1, -0.05) is 5.16 Å². The van der Waals surface area contributed by atoms with Gasteiger partial charge >= 0.3 is 5.97 Å². The first-order valence-corrected chi connectivity index (χ1v) is 5.60. The van der Waals surface area contributed by atoms with Gasteiger partial charge in [0.15, 0.2) is 5.82 Å². The molecule has 0 unspecified atom stereocenters. The van der Waals surface area contributed by atoms with Crippen LogP contribution in [-0.2, 0) is 16.0 Å². The van der Waals surface area contributed by atoms with E-state index in [-0.39, 0.29) is 18.9 Å². The number of aromatic nitrogens is 2. The second kappa shape index (κ2) is 5.61. The van der Waals surface area contributed by atoms with Crippen molar-refractivity contribution in [3.63, 3.8) is 0 Å². The van der Waals surface area contributed by atoms with Crippen LogP contribution in [0.2, 0.25) is 0 Å². The summed E-state index contributed by atoms with van der Waals surface area (Å²) in [5.41, 5.74) is -0.975. The number of carboxylic acid groups (broad SMARTS) is 1. The third-order valence-electron chi connectivity index (χ3n) is 2.44. The molecule has 0 fully saturated rings. The second-order valence-corrected chi connectivity index (χ2v) is 4.70. The lowest BCUT2D eigenvalue weighted by Crippen LogP contribution is -2.38. The molecule has 0 aliphatic heterocycles. The summed E-state index contributed by atoms with van der Waals surface area (Å²) in [6.07, 6.45) is 0.539. The van der Waals surface area contributed by atoms with Crippen LogP contribution in [0.5, 0.6) is 0 Å². The summed E-state index contributed by atoms with van der Waals surface area (Å²) < 4.78 is 4.86. The predicted octanol–water partition coefficient (Wildman–Crippen LogP) is 0.538. The van der Waals surface area contributed by atoms with Crippen LogP contribution in [0.1, 0.15) is 32.0 Å². The topological polar surface area (TPSA) is 105 Å². The highest BCUT2D eigenvalue weighted by Gasteiger charge is 2.27. The lowest BCUT2D eigenvalue weighted by molar-refractivity contribution is -0.146. The normalized spacial score (nSPS) is 11.3. The molecule has 0 aliphatic carbocycles. The fourth-order valence-corrected chi connectivity index (χ4v) is 1.15. The lowest BCUT2D eigenvalue weighted by atomic mass is 9.94. The summed E-state index contributed by atoms with van der Waals surface area (Å²) >= 11 is 0. The van der Waals surface area contributed by atoms with Crippen LogP contribution in [0.15, 0.2) is 4.52 Å². The summed E-state index contributed by atoms with van der Waals surface area (Å²) in [6, 6.07) is 0. The molecule has 1 rings (SSSR count). The molecule has 1 amide bonds. The van der Waals surface area contributed by atoms with Crippen LogP contribution in [0.25, 0.3) is 0 Å². The van der Waals surface area contributed by atoms with Gasteiger partial charge in [-0.2, -0.15) is 4.98 Å². The van der Waals surface area contributed by atoms with E-state index < -0.39 is 11.4 Å². The van der Waals surface area contributed by atoms with E-state index in [0.29, 0.717) is 18.1 Å². The van der Waals surface area contributed by atoms with E-state index in [2.05, 4.69) is 15.5 Å². The van der Waals surface area contributed by atoms with Gasteiger partial charge < -0.3 is 14.9 Å². The molecule has 0 saturated heterocycles. The van der Waals surface area contributed by atoms with Gasteiger partial charge in [-0.05, 0) is 20.8 Å². The van der Waals surface area contributed by atoms with Gasteiger partial charge in [0.2, 0.25) is 11.8 Å². The number of carbonyl (C=O) groups is 2. The molecule has 0 bridgehead atoms. The number of aliphatic carboxylic acids is 1. The van der Waals surface area contributed by atoms with Gasteiger partial charge in [-0.15, -0.1) is 0 Å². The first-order chi connectivity index (χ1) is 8.31. The molecule has 0 saturated carbocycles. The molecule has 0 aliphatic rings. The lowest BCUT2D eigenvalue weighted by Gasteiger charge is -2.19. The van der Waals surface area contributed by atoms with Crippen LogP contribution < -0.4 is 5.32 Å². The van der Waals surface area contributed by atoms with Gasteiger partial charge in [0.25, 0.3) is 0 Å². The van der Waals surface area contributed by atoms with Crippen molar-refractivity contribution in [2.75, 3.05) is 6.54 Å². The van der Waals surface area contributed by atoms with Crippen molar-refractivity contribution in [3.05, 3.63) is 11.7 Å². The number of carboxylic acids is 1. The van der Waals surface area contributed by atoms with E-state index in [1.54, 1.807) is 20.8 Å². The van der Waals surface area contributed by atoms with E-state index in [4.69, 9.17) is 9.63 Å². The minimum absolute atomic E-state index is 0.0873. The van der Waals surface area contributed by atoms with Crippen molar-refractivity contribution in [1.82, 2.24) is 15.5 Å². The largest absolute Gasteiger partial charge is 0.481 e. The Kier molecular flexibility index (Phi) is 4.41. The maximum absolute atomic E-state index is 11.5. The molecule has 7 nitrogen and oxygen atoms in total. The van der Waals surface area contributed by atoms with E-state index in [1.807, 2.05) is 0 Å². The zero-order valence-electron chi connectivity index (χ0n) is 10.7. The molecule has 2 N–H and O–H groups in total. The van der Waals surface area contributed by atoms with Crippen LogP contribution in [0.3, 0.4) is 0 Å². The highest BCUT2D eigenvalue weighted by Crippen LogP contribution is 2.13. The molecule has 1 heterocycles. The van der Waals surface area contributed by atoms with Crippen LogP contribution in [-0.4, -0.2) is 33.7 Å². The Balaban J connectivity index is 2.32. The quantitative estimate of drug-likeness (QED) is 0.768. The van der Waals surface area contributed by atoms with Crippen molar-refractivity contribution >= 4 is 11.9 Å². The number of rotatable bonds is 6. The zero-order valence-corrected chi connectivity index (χ0v) is 10.7. The summed E-state index contributed by atoms with van der Waals surface area (Å²) in [6.45, 7) is 4.89. The molecule has 100 valence electrons. The van der Waals surface area contributed by atoms with Crippen molar-refractivity contribution < 1.29 is 19.2 Å². The molecule has 7 heteroatoms. The van der Waals surface area contributed by atoms with Crippen LogP contribution in [0.4, 0.5) is 0 Å². The van der Waals surface area contributed by atoms with Crippen molar-refractivity contribution in [2.24, 2.45) is 5.41 Å². The molecule has 18 heavy (non-hydrogen) atoms. The molecular formula is C11H17N3O4. The first-order valence-electron chi connectivity index (χ1n) is 5.60. The SMILES string of the molecule is Cc1noc(CCC(=O)NCC(C)(C)C(=O)O)n1. The van der Waals surface area contributed by atoms with Gasteiger partial charge in [-0.3, -0.25) is 9.59 Å². The number of aryl methyl sites for hydroxylation is 2. The third-order valence-corrected chi connectivity index (χ3v) is 2.44. The molecule has 1 aromatic rings. The fourth-order valence-electron chi connectivity index (χ4n) is 1.15. The molecule has 0 aromatic carbocycles. The maximum atomic E-state index is 11.5. The molecular weight excluding hydrogens is 238 g/mol. The average Bonchev–Trinajstić information content (AvgIpc) is 2.69. The van der Waals surface area contributed by atoms with E-state index >= 15 is 0 Å². The third kappa shape index (κ3) is 4.15. The van der Waals surface area contributed by atoms with E-state index in [1.165, 1.54) is 0 Å². The number of hydrogen-bond donors (Lipinski definition) is 2. The average molecular weight is 255 g/mol. The van der Waals surface area contributed by atoms with E-state index in [0.717, 1.165) is 0 Å². The maximum Gasteiger partial charge on any atom is 0.310 e. The molecule has 0 radical (unpaired) electrons. The van der Waals surface area contributed by atoms with Crippen LogP contribution >= 0.6 is 0 Å². The Bertz CT molecular complexity index is 439. The Labute approximate surface area is 105 Å². The smallest absolute Gasteiger partial charge is 0.310 e. The monoisotopic (exact) mass is 255 g/mol. The molecule has 1 aromatic heterocycles. The van der Waals surface area contributed by atoms with E-state index in [9.17, 15) is 9.59 Å². The number of carbonyl (C=O) groups excluding carboxylic acids is 1. The Morgan fingerprint density at radius 3 is 2.61 bits per heavy atom. The predicted molar refractivity (Wildman–Crippen MR) is 61.8 cm³/mol. The van der Waals surface area contributed by atoms with Gasteiger partial charge in [-0.25, -0.2) is 0 Å². The number of nitrogens with one attached hydrogen (secondary N) is 1. The Hall–Kier alpha value is -1.92. The van der Waals surface area contributed by atoms with Crippen molar-refractivity contribution in [1.29, 1.82) is 0 Å². The van der Waals surface area contributed by atoms with Crippen LogP contribution in [0, 0.1) is 12.3 Å². The summed E-state index contributed by atoms with van der Waals surface area (Å²) in [5, 5.41) is 15.1. The number of nitrogens with zero attached hydrogens (tertiary/aromatic N) is 2. The van der Waals surface area contributed by atoms with Crippen molar-refractivity contribution in [2.45, 2.75) is 33.6 Å². The van der Waals surface area contributed by atoms with Gasteiger partial charge in [0.05, 0.1) is 5.41 Å². The van der Waals surface area contributed by atoms with Gasteiger partial charge in [0.1, 0.15) is 0 Å². The van der Waals surface area contributed by atoms with Gasteiger partial charge in [0, 0.05) is 19.4 Å². The zero-order chi connectivity index (χ0) is 13.8. The minimum atomic E-state index is -0.975. The summed E-state index contributed by atoms with van der Waals surface area (Å²) in [4.78, 5) is 26.3. The molecule has 0 atom stereocenters. The summed E-state index contributed by atoms with van der Waals surface area (Å²) in [7, 11) is 0. The number of hydrogen-bond acceptors (Lipinski definition) is 5. The number of amides is 1. The highest BCUT2D eigenvalue weighted by atomic mass is 16.5. The molecule has 0 spiro atoms. The standard InChI is InChI=1S/C11H17N3O4/c1-7-13-9(18-14-7)5-4-8(15)12-6-11(2,3)10(16)17/h4-6H2,1-3H3,(H,12,15)(H,16,17). The highest BCUT2D eigenvalue weighted by molar-refractivity contribution is 5.78. The Morgan fingerprint density at radius 2 is 2.11 bits per heavy atom.